The van der Waals surface area contributed by atoms with Crippen molar-refractivity contribution < 1.29 is 4.84 Å². The highest BCUT2D eigenvalue weighted by atomic mass is 32.1. The third-order valence-electron chi connectivity index (χ3n) is 2.59. The Kier molecular flexibility index (Phi) is 5.98. The standard InChI is InChI=1S/C15H18N2OS2/c1-17(2)7-8-18-16-15(14-6-10-20-12-14)4-3-13-5-9-19-11-13/h3-6,9-12H,7-8H2,1-2H3. The lowest BCUT2D eigenvalue weighted by Crippen LogP contribution is -2.17. The highest BCUT2D eigenvalue weighted by Crippen LogP contribution is 2.12. The zero-order chi connectivity index (χ0) is 14.2. The molecule has 0 atom stereocenters. The molecule has 20 heavy (non-hydrogen) atoms. The third kappa shape index (κ3) is 4.92. The first-order valence-corrected chi connectivity index (χ1v) is 8.22. The van der Waals surface area contributed by atoms with Gasteiger partial charge in [-0.1, -0.05) is 11.2 Å². The van der Waals surface area contributed by atoms with E-state index in [-0.39, 0.29) is 0 Å². The van der Waals surface area contributed by atoms with Crippen LogP contribution in [0, 0.1) is 0 Å². The Balaban J connectivity index is 2.03. The molecule has 0 amide bonds. The van der Waals surface area contributed by atoms with E-state index in [1.54, 1.807) is 22.7 Å². The van der Waals surface area contributed by atoms with Crippen molar-refractivity contribution >= 4 is 34.5 Å². The molecule has 0 unspecified atom stereocenters. The lowest BCUT2D eigenvalue weighted by atomic mass is 10.2. The molecule has 0 aliphatic heterocycles. The van der Waals surface area contributed by atoms with Gasteiger partial charge in [0.05, 0.1) is 0 Å². The summed E-state index contributed by atoms with van der Waals surface area (Å²) >= 11 is 3.35. The number of hydrogen-bond acceptors (Lipinski definition) is 5. The summed E-state index contributed by atoms with van der Waals surface area (Å²) in [7, 11) is 4.03. The van der Waals surface area contributed by atoms with Crippen LogP contribution in [-0.2, 0) is 4.84 Å². The molecule has 2 aromatic rings. The van der Waals surface area contributed by atoms with Gasteiger partial charge < -0.3 is 9.74 Å². The van der Waals surface area contributed by atoms with Crippen LogP contribution < -0.4 is 0 Å². The molecule has 2 rings (SSSR count). The van der Waals surface area contributed by atoms with E-state index in [9.17, 15) is 0 Å². The molecule has 0 fully saturated rings. The summed E-state index contributed by atoms with van der Waals surface area (Å²) in [4.78, 5) is 7.47. The van der Waals surface area contributed by atoms with E-state index < -0.39 is 0 Å². The predicted octanol–water partition coefficient (Wildman–Crippen LogP) is 3.81. The third-order valence-corrected chi connectivity index (χ3v) is 3.97. The quantitative estimate of drug-likeness (QED) is 0.441. The maximum absolute atomic E-state index is 5.40. The molecule has 0 aromatic carbocycles. The molecular weight excluding hydrogens is 288 g/mol. The molecule has 2 aromatic heterocycles. The fourth-order valence-electron chi connectivity index (χ4n) is 1.47. The van der Waals surface area contributed by atoms with Crippen LogP contribution in [0.5, 0.6) is 0 Å². The molecule has 0 aliphatic carbocycles. The second kappa shape index (κ2) is 7.99. The van der Waals surface area contributed by atoms with Crippen LogP contribution in [-0.4, -0.2) is 37.9 Å². The lowest BCUT2D eigenvalue weighted by molar-refractivity contribution is 0.126. The molecular formula is C15H18N2OS2. The minimum Gasteiger partial charge on any atom is -0.394 e. The minimum atomic E-state index is 0.590. The van der Waals surface area contributed by atoms with Crippen molar-refractivity contribution in [2.24, 2.45) is 5.16 Å². The van der Waals surface area contributed by atoms with Gasteiger partial charge >= 0.3 is 0 Å². The fourth-order valence-corrected chi connectivity index (χ4v) is 2.75. The molecule has 2 heterocycles. The predicted molar refractivity (Wildman–Crippen MR) is 88.7 cm³/mol. The van der Waals surface area contributed by atoms with Crippen molar-refractivity contribution in [1.82, 2.24) is 4.90 Å². The van der Waals surface area contributed by atoms with E-state index in [1.165, 1.54) is 5.56 Å². The molecule has 0 radical (unpaired) electrons. The molecule has 0 N–H and O–H groups in total. The smallest absolute Gasteiger partial charge is 0.129 e. The largest absolute Gasteiger partial charge is 0.394 e. The summed E-state index contributed by atoms with van der Waals surface area (Å²) in [6, 6.07) is 4.13. The monoisotopic (exact) mass is 306 g/mol. The molecule has 0 spiro atoms. The highest BCUT2D eigenvalue weighted by Gasteiger charge is 2.01. The van der Waals surface area contributed by atoms with Crippen LogP contribution in [0.4, 0.5) is 0 Å². The summed E-state index contributed by atoms with van der Waals surface area (Å²) < 4.78 is 0. The van der Waals surface area contributed by atoms with Crippen LogP contribution in [0.25, 0.3) is 6.08 Å². The number of oxime groups is 1. The van der Waals surface area contributed by atoms with E-state index >= 15 is 0 Å². The Bertz CT molecular complexity index is 542. The fraction of sp³-hybridized carbons (Fsp3) is 0.267. The maximum Gasteiger partial charge on any atom is 0.129 e. The summed E-state index contributed by atoms with van der Waals surface area (Å²) in [6.45, 7) is 1.45. The van der Waals surface area contributed by atoms with Gasteiger partial charge in [0.15, 0.2) is 0 Å². The second-order valence-corrected chi connectivity index (χ2v) is 6.08. The van der Waals surface area contributed by atoms with Gasteiger partial charge in [0.25, 0.3) is 0 Å². The van der Waals surface area contributed by atoms with Gasteiger partial charge in [-0.3, -0.25) is 0 Å². The number of thiophene rings is 2. The molecule has 0 bridgehead atoms. The van der Waals surface area contributed by atoms with Crippen molar-refractivity contribution in [3.63, 3.8) is 0 Å². The van der Waals surface area contributed by atoms with Crippen molar-refractivity contribution in [2.45, 2.75) is 0 Å². The van der Waals surface area contributed by atoms with Crippen LogP contribution in [0.1, 0.15) is 11.1 Å². The highest BCUT2D eigenvalue weighted by molar-refractivity contribution is 7.08. The van der Waals surface area contributed by atoms with Crippen LogP contribution >= 0.6 is 22.7 Å². The van der Waals surface area contributed by atoms with Crippen LogP contribution in [0.2, 0.25) is 0 Å². The molecule has 0 saturated heterocycles. The number of nitrogens with zero attached hydrogens (tertiary/aromatic N) is 2. The average Bonchev–Trinajstić information content (AvgIpc) is 3.10. The second-order valence-electron chi connectivity index (χ2n) is 4.52. The SMILES string of the molecule is CN(C)CCON=C(C=Cc1ccsc1)c1ccsc1. The summed E-state index contributed by atoms with van der Waals surface area (Å²) in [5, 5.41) is 12.5. The van der Waals surface area contributed by atoms with E-state index in [2.05, 4.69) is 44.4 Å². The van der Waals surface area contributed by atoms with Crippen molar-refractivity contribution in [3.8, 4) is 0 Å². The Morgan fingerprint density at radius 2 is 2.05 bits per heavy atom. The lowest BCUT2D eigenvalue weighted by Gasteiger charge is -2.07. The zero-order valence-corrected chi connectivity index (χ0v) is 13.3. The number of allylic oxidation sites excluding steroid dienone is 1. The van der Waals surface area contributed by atoms with Gasteiger partial charge in [0.1, 0.15) is 12.3 Å². The van der Waals surface area contributed by atoms with Crippen molar-refractivity contribution in [2.75, 3.05) is 27.2 Å². The Hall–Kier alpha value is -1.43. The van der Waals surface area contributed by atoms with E-state index in [0.29, 0.717) is 6.61 Å². The first kappa shape index (κ1) is 15.0. The Morgan fingerprint density at radius 3 is 2.70 bits per heavy atom. The van der Waals surface area contributed by atoms with Crippen LogP contribution in [0.3, 0.4) is 0 Å². The summed E-state index contributed by atoms with van der Waals surface area (Å²) in [5.41, 5.74) is 3.13. The topological polar surface area (TPSA) is 24.8 Å². The van der Waals surface area contributed by atoms with Gasteiger partial charge in [-0.25, -0.2) is 0 Å². The van der Waals surface area contributed by atoms with Gasteiger partial charge in [0, 0.05) is 17.5 Å². The molecule has 0 saturated carbocycles. The minimum absolute atomic E-state index is 0.590. The first-order valence-electron chi connectivity index (χ1n) is 6.33. The molecule has 3 nitrogen and oxygen atoms in total. The summed E-state index contributed by atoms with van der Waals surface area (Å²) in [5.74, 6) is 0. The van der Waals surface area contributed by atoms with Gasteiger partial charge in [-0.05, 0) is 54.0 Å². The Morgan fingerprint density at radius 1 is 1.25 bits per heavy atom. The number of likely N-dealkylation sites (N-methyl/N-ethyl adjacent to an activating group) is 1. The van der Waals surface area contributed by atoms with E-state index in [4.69, 9.17) is 4.84 Å². The first-order chi connectivity index (χ1) is 9.75. The molecule has 0 aliphatic rings. The van der Waals surface area contributed by atoms with Crippen molar-refractivity contribution in [1.29, 1.82) is 0 Å². The van der Waals surface area contributed by atoms with Crippen LogP contribution in [0.15, 0.2) is 44.9 Å². The number of rotatable bonds is 7. The Labute approximate surface area is 127 Å². The zero-order valence-electron chi connectivity index (χ0n) is 11.7. The van der Waals surface area contributed by atoms with Gasteiger partial charge in [-0.15, -0.1) is 0 Å². The average molecular weight is 306 g/mol. The van der Waals surface area contributed by atoms with E-state index in [1.807, 2.05) is 25.6 Å². The van der Waals surface area contributed by atoms with Crippen molar-refractivity contribution in [3.05, 3.63) is 50.9 Å². The molecule has 5 heteroatoms. The summed E-state index contributed by atoms with van der Waals surface area (Å²) in [6.07, 6.45) is 4.06. The molecule has 106 valence electrons. The number of hydrogen-bond donors (Lipinski definition) is 0. The normalized spacial score (nSPS) is 12.4. The maximum atomic E-state index is 5.40. The van der Waals surface area contributed by atoms with E-state index in [0.717, 1.165) is 17.8 Å². The van der Waals surface area contributed by atoms with Gasteiger partial charge in [-0.2, -0.15) is 22.7 Å². The van der Waals surface area contributed by atoms with Gasteiger partial charge in [0.2, 0.25) is 0 Å².